The summed E-state index contributed by atoms with van der Waals surface area (Å²) in [5.74, 6) is -0.988. The summed E-state index contributed by atoms with van der Waals surface area (Å²) in [5, 5.41) is 8.97. The molecule has 1 aliphatic carbocycles. The summed E-state index contributed by atoms with van der Waals surface area (Å²) in [6, 6.07) is 1.71. The first-order chi connectivity index (χ1) is 7.13. The first-order valence-corrected chi connectivity index (χ1v) is 4.96. The van der Waals surface area contributed by atoms with Gasteiger partial charge in [-0.1, -0.05) is 24.3 Å². The Hall–Kier alpha value is -1.48. The number of aromatic carboxylic acids is 1. The second-order valence-electron chi connectivity index (χ2n) is 3.43. The van der Waals surface area contributed by atoms with Crippen LogP contribution in [0.4, 0.5) is 0 Å². The summed E-state index contributed by atoms with van der Waals surface area (Å²) < 4.78 is 0. The van der Waals surface area contributed by atoms with Crippen LogP contribution in [0, 0.1) is 0 Å². The summed E-state index contributed by atoms with van der Waals surface area (Å²) in [4.78, 5) is 12.9. The van der Waals surface area contributed by atoms with Crippen molar-refractivity contribution < 1.29 is 9.90 Å². The Kier molecular flexibility index (Phi) is 2.40. The van der Waals surface area contributed by atoms with Crippen molar-refractivity contribution in [3.63, 3.8) is 0 Å². The number of aromatic amines is 1. The molecule has 0 radical (unpaired) electrons. The van der Waals surface area contributed by atoms with Crippen LogP contribution in [0.25, 0.3) is 0 Å². The van der Waals surface area contributed by atoms with Crippen LogP contribution in [0.2, 0.25) is 0 Å². The minimum Gasteiger partial charge on any atom is -0.477 e. The highest BCUT2D eigenvalue weighted by molar-refractivity contribution is 6.26. The number of allylic oxidation sites excluding steroid dienone is 4. The van der Waals surface area contributed by atoms with E-state index in [2.05, 4.69) is 4.98 Å². The van der Waals surface area contributed by atoms with E-state index in [1.165, 1.54) is 0 Å². The van der Waals surface area contributed by atoms with Crippen LogP contribution < -0.4 is 0 Å². The van der Waals surface area contributed by atoms with Crippen LogP contribution in [-0.4, -0.2) is 16.1 Å². The van der Waals surface area contributed by atoms with Gasteiger partial charge in [0.25, 0.3) is 0 Å². The first-order valence-electron chi connectivity index (χ1n) is 4.58. The van der Waals surface area contributed by atoms with Gasteiger partial charge in [-0.3, -0.25) is 0 Å². The van der Waals surface area contributed by atoms with E-state index < -0.39 is 10.8 Å². The van der Waals surface area contributed by atoms with E-state index in [0.717, 1.165) is 0 Å². The second-order valence-corrected chi connectivity index (χ2v) is 4.10. The molecule has 0 fully saturated rings. The van der Waals surface area contributed by atoms with Crippen molar-refractivity contribution in [1.82, 2.24) is 4.98 Å². The monoisotopic (exact) mass is 223 g/mol. The Balaban J connectivity index is 2.45. The molecule has 0 bridgehead atoms. The van der Waals surface area contributed by atoms with Crippen LogP contribution in [0.3, 0.4) is 0 Å². The van der Waals surface area contributed by atoms with E-state index in [9.17, 15) is 4.79 Å². The summed E-state index contributed by atoms with van der Waals surface area (Å²) in [5.41, 5.74) is 0.766. The molecule has 78 valence electrons. The average Bonchev–Trinajstić information content (AvgIpc) is 2.67. The number of hydrogen-bond donors (Lipinski definition) is 2. The highest BCUT2D eigenvalue weighted by Gasteiger charge is 2.31. The molecule has 1 heterocycles. The number of hydrogen-bond acceptors (Lipinski definition) is 1. The van der Waals surface area contributed by atoms with Gasteiger partial charge in [-0.15, -0.1) is 11.6 Å². The van der Waals surface area contributed by atoms with Gasteiger partial charge in [-0.05, 0) is 12.5 Å². The number of carbonyl (C=O) groups is 1. The average molecular weight is 224 g/mol. The van der Waals surface area contributed by atoms with Crippen molar-refractivity contribution in [2.75, 3.05) is 0 Å². The smallest absolute Gasteiger partial charge is 0.352 e. The zero-order valence-corrected chi connectivity index (χ0v) is 8.66. The van der Waals surface area contributed by atoms with Crippen LogP contribution in [0.15, 0.2) is 36.6 Å². The van der Waals surface area contributed by atoms with Gasteiger partial charge < -0.3 is 10.1 Å². The van der Waals surface area contributed by atoms with Crippen LogP contribution in [0.1, 0.15) is 22.5 Å². The molecule has 3 nitrogen and oxygen atoms in total. The molecule has 0 amide bonds. The van der Waals surface area contributed by atoms with Crippen LogP contribution in [-0.2, 0) is 4.87 Å². The molecule has 0 saturated heterocycles. The minimum absolute atomic E-state index is 0.157. The topological polar surface area (TPSA) is 53.1 Å². The van der Waals surface area contributed by atoms with E-state index in [-0.39, 0.29) is 5.69 Å². The molecule has 0 aliphatic heterocycles. The lowest BCUT2D eigenvalue weighted by Crippen LogP contribution is -2.19. The molecule has 0 spiro atoms. The van der Waals surface area contributed by atoms with E-state index in [4.69, 9.17) is 16.7 Å². The summed E-state index contributed by atoms with van der Waals surface area (Å²) >= 11 is 6.37. The molecule has 2 rings (SSSR count). The van der Waals surface area contributed by atoms with Gasteiger partial charge in [0.15, 0.2) is 0 Å². The van der Waals surface area contributed by atoms with Crippen molar-refractivity contribution in [3.8, 4) is 0 Å². The molecular formula is C11H10ClNO2. The third-order valence-electron chi connectivity index (χ3n) is 2.43. The number of carboxylic acid groups (broad SMARTS) is 1. The summed E-state index contributed by atoms with van der Waals surface area (Å²) in [6.07, 6.45) is 9.65. The first kappa shape index (κ1) is 10.1. The van der Waals surface area contributed by atoms with E-state index in [0.29, 0.717) is 12.0 Å². The third-order valence-corrected chi connectivity index (χ3v) is 2.92. The quantitative estimate of drug-likeness (QED) is 0.758. The van der Waals surface area contributed by atoms with E-state index >= 15 is 0 Å². The number of nitrogens with one attached hydrogen (secondary N) is 1. The van der Waals surface area contributed by atoms with Crippen molar-refractivity contribution in [3.05, 3.63) is 47.8 Å². The number of aromatic nitrogens is 1. The third kappa shape index (κ3) is 1.70. The Bertz CT molecular complexity index is 447. The minimum atomic E-state index is -0.988. The fraction of sp³-hybridized carbons (Fsp3) is 0.182. The number of alkyl halides is 1. The Morgan fingerprint density at radius 2 is 2.33 bits per heavy atom. The standard InChI is InChI=1S/C11H10ClNO2/c12-11(5-2-1-3-6-11)8-4-7-13-9(8)10(14)15/h1-5,7,13H,6H2,(H,14,15). The fourth-order valence-electron chi connectivity index (χ4n) is 1.69. The van der Waals surface area contributed by atoms with Gasteiger partial charge in [-0.2, -0.15) is 0 Å². The van der Waals surface area contributed by atoms with Gasteiger partial charge in [0.1, 0.15) is 5.69 Å². The molecule has 1 unspecified atom stereocenters. The molecule has 1 aromatic rings. The highest BCUT2D eigenvalue weighted by atomic mass is 35.5. The van der Waals surface area contributed by atoms with E-state index in [1.807, 2.05) is 24.3 Å². The summed E-state index contributed by atoms with van der Waals surface area (Å²) in [6.45, 7) is 0. The number of rotatable bonds is 2. The molecule has 2 N–H and O–H groups in total. The molecule has 1 atom stereocenters. The predicted molar refractivity (Wildman–Crippen MR) is 58.2 cm³/mol. The molecular weight excluding hydrogens is 214 g/mol. The molecule has 4 heteroatoms. The maximum absolute atomic E-state index is 10.9. The maximum Gasteiger partial charge on any atom is 0.352 e. The maximum atomic E-state index is 10.9. The largest absolute Gasteiger partial charge is 0.477 e. The number of carboxylic acids is 1. The molecule has 1 aromatic heterocycles. The van der Waals surface area contributed by atoms with Gasteiger partial charge in [0, 0.05) is 11.8 Å². The summed E-state index contributed by atoms with van der Waals surface area (Å²) in [7, 11) is 0. The zero-order valence-electron chi connectivity index (χ0n) is 7.90. The van der Waals surface area contributed by atoms with E-state index in [1.54, 1.807) is 12.3 Å². The highest BCUT2D eigenvalue weighted by Crippen LogP contribution is 2.38. The number of halogens is 1. The zero-order chi connectivity index (χ0) is 10.9. The lowest BCUT2D eigenvalue weighted by atomic mass is 9.91. The molecule has 0 saturated carbocycles. The lowest BCUT2D eigenvalue weighted by molar-refractivity contribution is 0.0689. The molecule has 1 aliphatic rings. The van der Waals surface area contributed by atoms with Gasteiger partial charge >= 0.3 is 5.97 Å². The van der Waals surface area contributed by atoms with Gasteiger partial charge in [0.05, 0.1) is 4.87 Å². The van der Waals surface area contributed by atoms with Crippen molar-refractivity contribution in [1.29, 1.82) is 0 Å². The fourth-order valence-corrected chi connectivity index (χ4v) is 2.01. The normalized spacial score (nSPS) is 24.3. The van der Waals surface area contributed by atoms with Crippen molar-refractivity contribution in [2.45, 2.75) is 11.3 Å². The Morgan fingerprint density at radius 3 is 2.93 bits per heavy atom. The molecule has 0 aromatic carbocycles. The Labute approximate surface area is 92.1 Å². The van der Waals surface area contributed by atoms with Gasteiger partial charge in [0.2, 0.25) is 0 Å². The van der Waals surface area contributed by atoms with Crippen LogP contribution in [0.5, 0.6) is 0 Å². The SMILES string of the molecule is O=C(O)c1[nH]ccc1C1(Cl)C=CC=CC1. The number of H-pyrrole nitrogens is 1. The predicted octanol–water partition coefficient (Wildman–Crippen LogP) is 2.66. The second kappa shape index (κ2) is 3.59. The van der Waals surface area contributed by atoms with Crippen molar-refractivity contribution in [2.24, 2.45) is 0 Å². The Morgan fingerprint density at radius 1 is 1.53 bits per heavy atom. The van der Waals surface area contributed by atoms with Crippen molar-refractivity contribution >= 4 is 17.6 Å². The lowest BCUT2D eigenvalue weighted by Gasteiger charge is -2.23. The van der Waals surface area contributed by atoms with Gasteiger partial charge in [-0.25, -0.2) is 4.79 Å². The molecule has 15 heavy (non-hydrogen) atoms. The van der Waals surface area contributed by atoms with Crippen LogP contribution >= 0.6 is 11.6 Å².